The van der Waals surface area contributed by atoms with Gasteiger partial charge < -0.3 is 4.57 Å². The SMILES string of the molecule is CCn1cc(CN2CCC(c3ccc(-c4cncnc4)cn3)CC2)c2ccc(F)cc21. The van der Waals surface area contributed by atoms with Gasteiger partial charge in [0, 0.05) is 66.0 Å². The van der Waals surface area contributed by atoms with E-state index >= 15 is 0 Å². The Bertz CT molecular complexity index is 1160. The summed E-state index contributed by atoms with van der Waals surface area (Å²) in [6.45, 7) is 5.94. The zero-order valence-electron chi connectivity index (χ0n) is 17.7. The fraction of sp³-hybridized carbons (Fsp3) is 0.320. The van der Waals surface area contributed by atoms with Crippen LogP contribution in [-0.4, -0.2) is 37.5 Å². The highest BCUT2D eigenvalue weighted by atomic mass is 19.1. The van der Waals surface area contributed by atoms with E-state index < -0.39 is 0 Å². The summed E-state index contributed by atoms with van der Waals surface area (Å²) >= 11 is 0. The lowest BCUT2D eigenvalue weighted by Crippen LogP contribution is -2.32. The van der Waals surface area contributed by atoms with Crippen LogP contribution in [0.5, 0.6) is 0 Å². The summed E-state index contributed by atoms with van der Waals surface area (Å²) < 4.78 is 15.9. The third-order valence-electron chi connectivity index (χ3n) is 6.35. The van der Waals surface area contributed by atoms with E-state index in [0.29, 0.717) is 5.92 Å². The molecular weight excluding hydrogens is 389 g/mol. The number of pyridine rings is 1. The predicted molar refractivity (Wildman–Crippen MR) is 120 cm³/mol. The average Bonchev–Trinajstić information content (AvgIpc) is 3.16. The second-order valence-corrected chi connectivity index (χ2v) is 8.25. The first-order valence-corrected chi connectivity index (χ1v) is 10.9. The molecule has 0 radical (unpaired) electrons. The van der Waals surface area contributed by atoms with Crippen LogP contribution in [-0.2, 0) is 13.1 Å². The van der Waals surface area contributed by atoms with Gasteiger partial charge in [-0.05, 0) is 62.7 Å². The van der Waals surface area contributed by atoms with Gasteiger partial charge in [-0.25, -0.2) is 14.4 Å². The Morgan fingerprint density at radius 1 is 1.00 bits per heavy atom. The van der Waals surface area contributed by atoms with E-state index in [-0.39, 0.29) is 5.82 Å². The van der Waals surface area contributed by atoms with Gasteiger partial charge in [0.15, 0.2) is 0 Å². The number of likely N-dealkylation sites (tertiary alicyclic amines) is 1. The second-order valence-electron chi connectivity index (χ2n) is 8.25. The molecule has 0 saturated carbocycles. The number of nitrogens with zero attached hydrogens (tertiary/aromatic N) is 5. The summed E-state index contributed by atoms with van der Waals surface area (Å²) in [5.74, 6) is 0.314. The van der Waals surface area contributed by atoms with Crippen molar-refractivity contribution in [2.75, 3.05) is 13.1 Å². The van der Waals surface area contributed by atoms with Crippen molar-refractivity contribution in [3.63, 3.8) is 0 Å². The minimum atomic E-state index is -0.175. The van der Waals surface area contributed by atoms with Gasteiger partial charge in [-0.3, -0.25) is 9.88 Å². The molecule has 6 heteroatoms. The highest BCUT2D eigenvalue weighted by molar-refractivity contribution is 5.84. The Hall–Kier alpha value is -3.12. The number of piperidine rings is 1. The molecule has 5 nitrogen and oxygen atoms in total. The zero-order chi connectivity index (χ0) is 21.2. The van der Waals surface area contributed by atoms with Crippen LogP contribution >= 0.6 is 0 Å². The first-order valence-electron chi connectivity index (χ1n) is 10.9. The van der Waals surface area contributed by atoms with Gasteiger partial charge in [-0.15, -0.1) is 0 Å². The minimum Gasteiger partial charge on any atom is -0.347 e. The van der Waals surface area contributed by atoms with Crippen molar-refractivity contribution >= 4 is 10.9 Å². The van der Waals surface area contributed by atoms with Crippen molar-refractivity contribution < 1.29 is 4.39 Å². The largest absolute Gasteiger partial charge is 0.347 e. The lowest BCUT2D eigenvalue weighted by Gasteiger charge is -2.31. The smallest absolute Gasteiger partial charge is 0.125 e. The molecule has 0 N–H and O–H groups in total. The summed E-state index contributed by atoms with van der Waals surface area (Å²) in [5, 5.41) is 1.16. The zero-order valence-corrected chi connectivity index (χ0v) is 17.7. The Morgan fingerprint density at radius 2 is 1.81 bits per heavy atom. The molecule has 3 aromatic heterocycles. The predicted octanol–water partition coefficient (Wildman–Crippen LogP) is 5.03. The van der Waals surface area contributed by atoms with E-state index in [0.717, 1.165) is 61.1 Å². The molecule has 4 heterocycles. The first kappa shape index (κ1) is 19.8. The fourth-order valence-electron chi connectivity index (χ4n) is 4.62. The van der Waals surface area contributed by atoms with Crippen LogP contribution in [0, 0.1) is 5.82 Å². The summed E-state index contributed by atoms with van der Waals surface area (Å²) in [6.07, 6.45) is 11.5. The van der Waals surface area contributed by atoms with E-state index in [1.54, 1.807) is 12.1 Å². The monoisotopic (exact) mass is 415 g/mol. The number of aromatic nitrogens is 4. The number of halogens is 1. The third kappa shape index (κ3) is 4.08. The molecule has 0 unspecified atom stereocenters. The molecule has 1 aliphatic heterocycles. The molecular formula is C25H26FN5. The van der Waals surface area contributed by atoms with Crippen LogP contribution < -0.4 is 0 Å². The average molecular weight is 416 g/mol. The second kappa shape index (κ2) is 8.55. The molecule has 0 spiro atoms. The van der Waals surface area contributed by atoms with Crippen LogP contribution in [0.4, 0.5) is 4.39 Å². The fourth-order valence-corrected chi connectivity index (χ4v) is 4.62. The maximum absolute atomic E-state index is 13.7. The first-order chi connectivity index (χ1) is 15.2. The van der Waals surface area contributed by atoms with E-state index in [2.05, 4.69) is 44.7 Å². The summed E-state index contributed by atoms with van der Waals surface area (Å²) in [7, 11) is 0. The highest BCUT2D eigenvalue weighted by Gasteiger charge is 2.22. The van der Waals surface area contributed by atoms with E-state index in [1.807, 2.05) is 24.7 Å². The van der Waals surface area contributed by atoms with Crippen molar-refractivity contribution in [3.05, 3.63) is 78.5 Å². The lowest BCUT2D eigenvalue weighted by atomic mass is 9.92. The lowest BCUT2D eigenvalue weighted by molar-refractivity contribution is 0.204. The molecule has 4 aromatic rings. The third-order valence-corrected chi connectivity index (χ3v) is 6.35. The molecule has 0 atom stereocenters. The molecule has 158 valence electrons. The molecule has 0 amide bonds. The number of rotatable bonds is 5. The molecule has 1 aromatic carbocycles. The summed E-state index contributed by atoms with van der Waals surface area (Å²) in [5.41, 5.74) is 5.47. The Morgan fingerprint density at radius 3 is 2.52 bits per heavy atom. The Kier molecular flexibility index (Phi) is 5.47. The summed E-state index contributed by atoms with van der Waals surface area (Å²) in [6, 6.07) is 9.39. The van der Waals surface area contributed by atoms with Gasteiger partial charge in [0.1, 0.15) is 12.1 Å². The van der Waals surface area contributed by atoms with Gasteiger partial charge in [-0.2, -0.15) is 0 Å². The highest BCUT2D eigenvalue weighted by Crippen LogP contribution is 2.30. The van der Waals surface area contributed by atoms with Crippen LogP contribution in [0.25, 0.3) is 22.0 Å². The van der Waals surface area contributed by atoms with Crippen LogP contribution in [0.2, 0.25) is 0 Å². The Balaban J connectivity index is 1.24. The maximum atomic E-state index is 13.7. The number of aryl methyl sites for hydroxylation is 1. The van der Waals surface area contributed by atoms with Crippen LogP contribution in [0.1, 0.15) is 36.9 Å². The molecule has 5 rings (SSSR count). The standard InChI is InChI=1S/C25H26FN5/c1-2-31-16-21(23-5-4-22(26)11-25(23)31)15-30-9-7-18(8-10-30)24-6-3-19(14-29-24)20-12-27-17-28-13-20/h3-6,11-14,16-18H,2,7-10,15H2,1H3. The van der Waals surface area contributed by atoms with Crippen molar-refractivity contribution in [2.45, 2.75) is 38.8 Å². The van der Waals surface area contributed by atoms with Crippen molar-refractivity contribution in [2.24, 2.45) is 0 Å². The minimum absolute atomic E-state index is 0.175. The van der Waals surface area contributed by atoms with Crippen molar-refractivity contribution in [1.29, 1.82) is 0 Å². The van der Waals surface area contributed by atoms with Crippen LogP contribution in [0.3, 0.4) is 0 Å². The Labute approximate surface area is 181 Å². The molecule has 1 fully saturated rings. The molecule has 0 bridgehead atoms. The topological polar surface area (TPSA) is 46.8 Å². The molecule has 31 heavy (non-hydrogen) atoms. The van der Waals surface area contributed by atoms with E-state index in [4.69, 9.17) is 4.98 Å². The van der Waals surface area contributed by atoms with Gasteiger partial charge >= 0.3 is 0 Å². The quantitative estimate of drug-likeness (QED) is 0.459. The van der Waals surface area contributed by atoms with E-state index in [9.17, 15) is 4.39 Å². The van der Waals surface area contributed by atoms with Crippen molar-refractivity contribution in [3.8, 4) is 11.1 Å². The van der Waals surface area contributed by atoms with Gasteiger partial charge in [0.2, 0.25) is 0 Å². The molecule has 1 saturated heterocycles. The van der Waals surface area contributed by atoms with Gasteiger partial charge in [0.05, 0.1) is 5.52 Å². The molecule has 1 aliphatic rings. The van der Waals surface area contributed by atoms with E-state index in [1.165, 1.54) is 17.6 Å². The number of hydrogen-bond donors (Lipinski definition) is 0. The summed E-state index contributed by atoms with van der Waals surface area (Å²) in [4.78, 5) is 15.4. The molecule has 0 aliphatic carbocycles. The maximum Gasteiger partial charge on any atom is 0.125 e. The number of fused-ring (bicyclic) bond motifs is 1. The van der Waals surface area contributed by atoms with Gasteiger partial charge in [-0.1, -0.05) is 6.07 Å². The number of hydrogen-bond acceptors (Lipinski definition) is 4. The normalized spacial score (nSPS) is 15.5. The van der Waals surface area contributed by atoms with Gasteiger partial charge in [0.25, 0.3) is 0 Å². The number of benzene rings is 1. The van der Waals surface area contributed by atoms with Crippen LogP contribution in [0.15, 0.2) is 61.4 Å². The van der Waals surface area contributed by atoms with Crippen molar-refractivity contribution in [1.82, 2.24) is 24.4 Å².